The third-order valence-electron chi connectivity index (χ3n) is 2.39. The highest BCUT2D eigenvalue weighted by Crippen LogP contribution is 2.06. The number of carbonyl (C=O) groups excluding carboxylic acids is 1. The van der Waals surface area contributed by atoms with Crippen molar-refractivity contribution in [2.75, 3.05) is 5.73 Å². The van der Waals surface area contributed by atoms with Crippen molar-refractivity contribution < 1.29 is 14.7 Å². The number of carbonyl (C=O) groups is 2. The average Bonchev–Trinajstić information content (AvgIpc) is 2.34. The second-order valence-corrected chi connectivity index (χ2v) is 3.80. The van der Waals surface area contributed by atoms with E-state index in [0.29, 0.717) is 12.8 Å². The number of nitrogens with two attached hydrogens (primary N) is 1. The van der Waals surface area contributed by atoms with Crippen LogP contribution in [-0.2, 0) is 4.79 Å². The number of anilines is 1. The summed E-state index contributed by atoms with van der Waals surface area (Å²) in [5.74, 6) is -1.71. The molecule has 1 atom stereocenters. The Morgan fingerprint density at radius 1 is 1.44 bits per heavy atom. The van der Waals surface area contributed by atoms with E-state index in [9.17, 15) is 9.59 Å². The van der Waals surface area contributed by atoms with Crippen molar-refractivity contribution in [2.24, 2.45) is 0 Å². The van der Waals surface area contributed by atoms with Crippen LogP contribution in [0, 0.1) is 0 Å². The monoisotopic (exact) mass is 252 g/mol. The molecule has 1 aromatic heterocycles. The van der Waals surface area contributed by atoms with Gasteiger partial charge in [0, 0.05) is 12.4 Å². The topological polar surface area (TPSA) is 118 Å². The molecule has 0 aliphatic rings. The fourth-order valence-electron chi connectivity index (χ4n) is 1.42. The first kappa shape index (κ1) is 13.9. The van der Waals surface area contributed by atoms with Gasteiger partial charge >= 0.3 is 5.97 Å². The molecule has 0 aromatic carbocycles. The molecule has 0 radical (unpaired) electrons. The molecule has 1 aromatic rings. The van der Waals surface area contributed by atoms with Gasteiger partial charge in [-0.1, -0.05) is 19.8 Å². The maximum absolute atomic E-state index is 11.8. The first-order chi connectivity index (χ1) is 8.56. The van der Waals surface area contributed by atoms with Gasteiger partial charge in [0.05, 0.1) is 0 Å². The molecule has 0 spiro atoms. The van der Waals surface area contributed by atoms with Crippen molar-refractivity contribution in [3.05, 3.63) is 18.1 Å². The van der Waals surface area contributed by atoms with Crippen LogP contribution in [0.15, 0.2) is 12.4 Å². The van der Waals surface area contributed by atoms with Crippen LogP contribution in [0.3, 0.4) is 0 Å². The lowest BCUT2D eigenvalue weighted by Crippen LogP contribution is -2.41. The fraction of sp³-hybridized carbons (Fsp3) is 0.455. The Bertz CT molecular complexity index is 436. The molecule has 7 heteroatoms. The van der Waals surface area contributed by atoms with E-state index in [-0.39, 0.29) is 11.5 Å². The lowest BCUT2D eigenvalue weighted by molar-refractivity contribution is -0.139. The fourth-order valence-corrected chi connectivity index (χ4v) is 1.42. The summed E-state index contributed by atoms with van der Waals surface area (Å²) in [5, 5.41) is 11.4. The molecule has 4 N–H and O–H groups in total. The summed E-state index contributed by atoms with van der Waals surface area (Å²) in [6.45, 7) is 1.95. The molecule has 7 nitrogen and oxygen atoms in total. The van der Waals surface area contributed by atoms with Gasteiger partial charge in [0.15, 0.2) is 11.5 Å². The number of hydrogen-bond acceptors (Lipinski definition) is 5. The van der Waals surface area contributed by atoms with Gasteiger partial charge in [0.1, 0.15) is 6.04 Å². The number of unbranched alkanes of at least 4 members (excludes halogenated alkanes) is 1. The van der Waals surface area contributed by atoms with Crippen molar-refractivity contribution in [3.63, 3.8) is 0 Å². The molecule has 1 amide bonds. The molecule has 1 heterocycles. The molecule has 18 heavy (non-hydrogen) atoms. The number of nitrogens with zero attached hydrogens (tertiary/aromatic N) is 2. The summed E-state index contributed by atoms with van der Waals surface area (Å²) in [6.07, 6.45) is 4.63. The smallest absolute Gasteiger partial charge is 0.326 e. The summed E-state index contributed by atoms with van der Waals surface area (Å²) >= 11 is 0. The number of carboxylic acids is 1. The van der Waals surface area contributed by atoms with Gasteiger partial charge in [-0.2, -0.15) is 0 Å². The van der Waals surface area contributed by atoms with Gasteiger partial charge in [-0.15, -0.1) is 0 Å². The van der Waals surface area contributed by atoms with Gasteiger partial charge in [0.2, 0.25) is 0 Å². The Balaban J connectivity index is 2.72. The van der Waals surface area contributed by atoms with Crippen molar-refractivity contribution in [3.8, 4) is 0 Å². The van der Waals surface area contributed by atoms with E-state index in [1.807, 2.05) is 6.92 Å². The van der Waals surface area contributed by atoms with Crippen LogP contribution in [0.2, 0.25) is 0 Å². The molecule has 0 saturated heterocycles. The standard InChI is InChI=1S/C11H16N4O3/c1-2-3-4-7(11(17)18)15-10(16)8-9(12)14-6-5-13-8/h5-7H,2-4H2,1H3,(H2,12,14)(H,15,16)(H,17,18). The quantitative estimate of drug-likeness (QED) is 0.675. The van der Waals surface area contributed by atoms with E-state index in [1.165, 1.54) is 12.4 Å². The summed E-state index contributed by atoms with van der Waals surface area (Å²) < 4.78 is 0. The number of nitrogens with one attached hydrogen (secondary N) is 1. The number of nitrogen functional groups attached to an aromatic ring is 1. The molecule has 0 aliphatic carbocycles. The average molecular weight is 252 g/mol. The van der Waals surface area contributed by atoms with Crippen molar-refractivity contribution >= 4 is 17.7 Å². The highest BCUT2D eigenvalue weighted by Gasteiger charge is 2.21. The molecule has 98 valence electrons. The zero-order chi connectivity index (χ0) is 13.5. The lowest BCUT2D eigenvalue weighted by atomic mass is 10.1. The van der Waals surface area contributed by atoms with Crippen LogP contribution in [-0.4, -0.2) is 33.0 Å². The van der Waals surface area contributed by atoms with E-state index in [4.69, 9.17) is 10.8 Å². The summed E-state index contributed by atoms with van der Waals surface area (Å²) in [4.78, 5) is 30.3. The highest BCUT2D eigenvalue weighted by molar-refractivity contribution is 5.98. The minimum atomic E-state index is -1.07. The Labute approximate surface area is 104 Å². The largest absolute Gasteiger partial charge is 0.480 e. The van der Waals surface area contributed by atoms with Crippen molar-refractivity contribution in [2.45, 2.75) is 32.2 Å². The van der Waals surface area contributed by atoms with Crippen molar-refractivity contribution in [1.29, 1.82) is 0 Å². The van der Waals surface area contributed by atoms with Crippen LogP contribution in [0.25, 0.3) is 0 Å². The SMILES string of the molecule is CCCCC(NC(=O)c1nccnc1N)C(=O)O. The number of rotatable bonds is 6. The molecule has 0 saturated carbocycles. The molecule has 0 aliphatic heterocycles. The van der Waals surface area contributed by atoms with Crippen LogP contribution >= 0.6 is 0 Å². The Hall–Kier alpha value is -2.18. The van der Waals surface area contributed by atoms with Crippen LogP contribution in [0.1, 0.15) is 36.7 Å². The normalized spacial score (nSPS) is 11.8. The predicted molar refractivity (Wildman–Crippen MR) is 64.9 cm³/mol. The number of hydrogen-bond donors (Lipinski definition) is 3. The third-order valence-corrected chi connectivity index (χ3v) is 2.39. The van der Waals surface area contributed by atoms with Crippen LogP contribution in [0.5, 0.6) is 0 Å². The van der Waals surface area contributed by atoms with Gasteiger partial charge in [-0.05, 0) is 6.42 Å². The number of carboxylic acid groups (broad SMARTS) is 1. The number of aliphatic carboxylic acids is 1. The van der Waals surface area contributed by atoms with Gasteiger partial charge < -0.3 is 16.2 Å². The Kier molecular flexibility index (Phi) is 5.04. The predicted octanol–water partition coefficient (Wildman–Crippen LogP) is 0.432. The van der Waals surface area contributed by atoms with Crippen LogP contribution < -0.4 is 11.1 Å². The molecular weight excluding hydrogens is 236 g/mol. The van der Waals surface area contributed by atoms with Crippen molar-refractivity contribution in [1.82, 2.24) is 15.3 Å². The minimum absolute atomic E-state index is 0.0189. The molecular formula is C11H16N4O3. The summed E-state index contributed by atoms with van der Waals surface area (Å²) in [5.41, 5.74) is 5.44. The van der Waals surface area contributed by atoms with E-state index in [0.717, 1.165) is 6.42 Å². The first-order valence-corrected chi connectivity index (χ1v) is 5.66. The third kappa shape index (κ3) is 3.69. The Morgan fingerprint density at radius 3 is 2.67 bits per heavy atom. The lowest BCUT2D eigenvalue weighted by Gasteiger charge is -2.13. The Morgan fingerprint density at radius 2 is 2.11 bits per heavy atom. The second-order valence-electron chi connectivity index (χ2n) is 3.80. The van der Waals surface area contributed by atoms with E-state index in [1.54, 1.807) is 0 Å². The molecule has 1 rings (SSSR count). The van der Waals surface area contributed by atoms with E-state index < -0.39 is 17.9 Å². The summed E-state index contributed by atoms with van der Waals surface area (Å²) in [6, 6.07) is -0.932. The van der Waals surface area contributed by atoms with Gasteiger partial charge in [-0.3, -0.25) is 4.79 Å². The zero-order valence-electron chi connectivity index (χ0n) is 10.1. The highest BCUT2D eigenvalue weighted by atomic mass is 16.4. The maximum atomic E-state index is 11.8. The van der Waals surface area contributed by atoms with Gasteiger partial charge in [0.25, 0.3) is 5.91 Å². The molecule has 0 fully saturated rings. The number of aromatic nitrogens is 2. The second kappa shape index (κ2) is 6.53. The zero-order valence-corrected chi connectivity index (χ0v) is 10.1. The number of amides is 1. The van der Waals surface area contributed by atoms with Gasteiger partial charge in [-0.25, -0.2) is 14.8 Å². The van der Waals surface area contributed by atoms with Crippen LogP contribution in [0.4, 0.5) is 5.82 Å². The molecule has 0 bridgehead atoms. The van der Waals surface area contributed by atoms with E-state index in [2.05, 4.69) is 15.3 Å². The van der Waals surface area contributed by atoms with E-state index >= 15 is 0 Å². The summed E-state index contributed by atoms with van der Waals surface area (Å²) in [7, 11) is 0. The minimum Gasteiger partial charge on any atom is -0.480 e. The first-order valence-electron chi connectivity index (χ1n) is 5.66. The maximum Gasteiger partial charge on any atom is 0.326 e. The molecule has 1 unspecified atom stereocenters.